The van der Waals surface area contributed by atoms with Crippen LogP contribution in [0, 0.1) is 0 Å². The van der Waals surface area contributed by atoms with E-state index in [4.69, 9.17) is 0 Å². The van der Waals surface area contributed by atoms with Gasteiger partial charge in [-0.3, -0.25) is 18.6 Å². The van der Waals surface area contributed by atoms with E-state index in [1.54, 1.807) is 4.57 Å². The highest BCUT2D eigenvalue weighted by Crippen LogP contribution is 2.37. The van der Waals surface area contributed by atoms with Crippen LogP contribution in [0.5, 0.6) is 0 Å². The van der Waals surface area contributed by atoms with Crippen LogP contribution >= 0.6 is 11.8 Å². The highest BCUT2D eigenvalue weighted by Gasteiger charge is 2.21. The van der Waals surface area contributed by atoms with Gasteiger partial charge in [0.25, 0.3) is 5.56 Å². The third-order valence-electron chi connectivity index (χ3n) is 6.38. The molecule has 0 radical (unpaired) electrons. The number of rotatable bonds is 6. The number of hydrogen-bond donors (Lipinski definition) is 0. The number of aryl methyl sites for hydroxylation is 1. The molecule has 168 valence electrons. The van der Waals surface area contributed by atoms with Crippen molar-refractivity contribution in [3.63, 3.8) is 0 Å². The van der Waals surface area contributed by atoms with Gasteiger partial charge in [0.05, 0.1) is 16.7 Å². The molecule has 0 N–H and O–H groups in total. The molecule has 2 heterocycles. The molecule has 0 atom stereocenters. The number of benzene rings is 3. The van der Waals surface area contributed by atoms with E-state index in [9.17, 15) is 9.59 Å². The van der Waals surface area contributed by atoms with Crippen molar-refractivity contribution in [1.82, 2.24) is 19.2 Å². The van der Waals surface area contributed by atoms with Gasteiger partial charge in [-0.25, -0.2) is 0 Å². The Kier molecular flexibility index (Phi) is 5.07. The molecule has 7 heteroatoms. The SMILES string of the molecule is CCCn1c(=O)c2ccccc2n2c(SCC(=O)c3ccc4c(c3)-c3ccccc3C4)nnc12. The second-order valence-electron chi connectivity index (χ2n) is 8.51. The third-order valence-corrected chi connectivity index (χ3v) is 7.31. The summed E-state index contributed by atoms with van der Waals surface area (Å²) in [5, 5.41) is 9.89. The number of carbonyl (C=O) groups is 1. The highest BCUT2D eigenvalue weighted by molar-refractivity contribution is 7.99. The summed E-state index contributed by atoms with van der Waals surface area (Å²) in [4.78, 5) is 26.1. The first-order valence-corrected chi connectivity index (χ1v) is 12.4. The van der Waals surface area contributed by atoms with Gasteiger partial charge in [-0.1, -0.05) is 67.2 Å². The first-order valence-electron chi connectivity index (χ1n) is 11.4. The quantitative estimate of drug-likeness (QED) is 0.255. The average Bonchev–Trinajstić information content (AvgIpc) is 3.46. The van der Waals surface area contributed by atoms with Gasteiger partial charge >= 0.3 is 0 Å². The van der Waals surface area contributed by atoms with Crippen LogP contribution in [0.2, 0.25) is 0 Å². The maximum Gasteiger partial charge on any atom is 0.262 e. The van der Waals surface area contributed by atoms with Crippen molar-refractivity contribution in [3.05, 3.63) is 93.8 Å². The third kappa shape index (κ3) is 3.27. The normalized spacial score (nSPS) is 12.3. The maximum atomic E-state index is 13.1. The second kappa shape index (κ2) is 8.25. The fraction of sp³-hybridized carbons (Fsp3) is 0.185. The Morgan fingerprint density at radius 2 is 1.76 bits per heavy atom. The Morgan fingerprint density at radius 3 is 2.65 bits per heavy atom. The van der Waals surface area contributed by atoms with Crippen molar-refractivity contribution < 1.29 is 4.79 Å². The predicted molar refractivity (Wildman–Crippen MR) is 135 cm³/mol. The molecular formula is C27H22N4O2S. The number of carbonyl (C=O) groups excluding carboxylic acids is 1. The summed E-state index contributed by atoms with van der Waals surface area (Å²) >= 11 is 1.35. The molecule has 0 unspecified atom stereocenters. The van der Waals surface area contributed by atoms with Crippen molar-refractivity contribution in [1.29, 1.82) is 0 Å². The molecule has 2 aromatic heterocycles. The monoisotopic (exact) mass is 466 g/mol. The highest BCUT2D eigenvalue weighted by atomic mass is 32.2. The number of para-hydroxylation sites is 1. The van der Waals surface area contributed by atoms with Crippen molar-refractivity contribution in [2.45, 2.75) is 31.5 Å². The topological polar surface area (TPSA) is 69.3 Å². The van der Waals surface area contributed by atoms with Crippen molar-refractivity contribution in [2.24, 2.45) is 0 Å². The minimum atomic E-state index is -0.0663. The number of nitrogens with zero attached hydrogens (tertiary/aromatic N) is 4. The van der Waals surface area contributed by atoms with E-state index < -0.39 is 0 Å². The van der Waals surface area contributed by atoms with Crippen LogP contribution in [0.4, 0.5) is 0 Å². The van der Waals surface area contributed by atoms with Crippen LogP contribution in [-0.2, 0) is 13.0 Å². The first-order chi connectivity index (χ1) is 16.7. The molecule has 0 saturated heterocycles. The lowest BCUT2D eigenvalue weighted by atomic mass is 10.0. The van der Waals surface area contributed by atoms with Gasteiger partial charge < -0.3 is 0 Å². The zero-order valence-corrected chi connectivity index (χ0v) is 19.5. The summed E-state index contributed by atoms with van der Waals surface area (Å²) < 4.78 is 3.56. The van der Waals surface area contributed by atoms with Gasteiger partial charge in [-0.05, 0) is 53.3 Å². The van der Waals surface area contributed by atoms with Crippen LogP contribution in [0.1, 0.15) is 34.8 Å². The Hall–Kier alpha value is -3.71. The molecule has 1 aliphatic rings. The predicted octanol–water partition coefficient (Wildman–Crippen LogP) is 5.00. The van der Waals surface area contributed by atoms with Gasteiger partial charge in [0.2, 0.25) is 5.78 Å². The van der Waals surface area contributed by atoms with E-state index in [1.807, 2.05) is 53.8 Å². The standard InChI is InChI=1S/C27H22N4O2S/c1-2-13-30-25(33)21-9-5-6-10-23(21)31-26(30)28-29-27(31)34-16-24(32)19-12-11-18-14-17-7-3-4-8-20(17)22(18)15-19/h3-12,15H,2,13-14,16H2,1H3. The lowest BCUT2D eigenvalue weighted by molar-refractivity contribution is 0.102. The van der Waals surface area contributed by atoms with Crippen LogP contribution in [-0.4, -0.2) is 30.7 Å². The fourth-order valence-corrected chi connectivity index (χ4v) is 5.60. The Balaban J connectivity index is 1.34. The molecular weight excluding hydrogens is 444 g/mol. The summed E-state index contributed by atoms with van der Waals surface area (Å²) in [7, 11) is 0. The number of hydrogen-bond acceptors (Lipinski definition) is 5. The summed E-state index contributed by atoms with van der Waals surface area (Å²) in [5.74, 6) is 0.789. The molecule has 34 heavy (non-hydrogen) atoms. The Bertz CT molecular complexity index is 1650. The molecule has 5 aromatic rings. The molecule has 0 fully saturated rings. The average molecular weight is 467 g/mol. The summed E-state index contributed by atoms with van der Waals surface area (Å²) in [6.07, 6.45) is 1.72. The summed E-state index contributed by atoms with van der Waals surface area (Å²) in [6.45, 7) is 2.59. The molecule has 3 aromatic carbocycles. The van der Waals surface area contributed by atoms with Gasteiger partial charge in [0.15, 0.2) is 10.9 Å². The number of fused-ring (bicyclic) bond motifs is 6. The van der Waals surface area contributed by atoms with E-state index in [2.05, 4.69) is 34.5 Å². The molecule has 0 bridgehead atoms. The van der Waals surface area contributed by atoms with Crippen LogP contribution < -0.4 is 5.56 Å². The van der Waals surface area contributed by atoms with Gasteiger partial charge in [-0.15, -0.1) is 10.2 Å². The lowest BCUT2D eigenvalue weighted by Crippen LogP contribution is -2.23. The summed E-state index contributed by atoms with van der Waals surface area (Å²) in [5.41, 5.74) is 6.31. The molecule has 1 aliphatic carbocycles. The van der Waals surface area contributed by atoms with E-state index >= 15 is 0 Å². The van der Waals surface area contributed by atoms with Crippen molar-refractivity contribution >= 4 is 34.2 Å². The summed E-state index contributed by atoms with van der Waals surface area (Å²) in [6, 6.07) is 21.8. The molecule has 0 saturated carbocycles. The van der Waals surface area contributed by atoms with Crippen LogP contribution in [0.15, 0.2) is 76.7 Å². The van der Waals surface area contributed by atoms with Crippen LogP contribution in [0.25, 0.3) is 27.8 Å². The number of aromatic nitrogens is 4. The van der Waals surface area contributed by atoms with E-state index in [0.717, 1.165) is 23.9 Å². The van der Waals surface area contributed by atoms with Gasteiger partial charge in [0, 0.05) is 12.1 Å². The van der Waals surface area contributed by atoms with E-state index in [-0.39, 0.29) is 17.1 Å². The van der Waals surface area contributed by atoms with Gasteiger partial charge in [-0.2, -0.15) is 0 Å². The fourth-order valence-electron chi connectivity index (χ4n) is 4.76. The van der Waals surface area contributed by atoms with Crippen molar-refractivity contribution in [3.8, 4) is 11.1 Å². The number of Topliss-reactive ketones (excluding diaryl/α,β-unsaturated/α-hetero) is 1. The van der Waals surface area contributed by atoms with Crippen LogP contribution in [0.3, 0.4) is 0 Å². The zero-order chi connectivity index (χ0) is 23.2. The molecule has 0 aliphatic heterocycles. The molecule has 6 rings (SSSR count). The van der Waals surface area contributed by atoms with Crippen molar-refractivity contribution in [2.75, 3.05) is 5.75 Å². The van der Waals surface area contributed by atoms with E-state index in [1.165, 1.54) is 28.5 Å². The molecule has 0 amide bonds. The second-order valence-corrected chi connectivity index (χ2v) is 9.45. The maximum absolute atomic E-state index is 13.1. The lowest BCUT2D eigenvalue weighted by Gasteiger charge is -2.10. The van der Waals surface area contributed by atoms with E-state index in [0.29, 0.717) is 28.4 Å². The van der Waals surface area contributed by atoms with Gasteiger partial charge in [0.1, 0.15) is 0 Å². The zero-order valence-electron chi connectivity index (χ0n) is 18.7. The molecule has 6 nitrogen and oxygen atoms in total. The minimum Gasteiger partial charge on any atom is -0.293 e. The number of thioether (sulfide) groups is 1. The first kappa shape index (κ1) is 20.9. The number of ketones is 1. The Labute approximate surface area is 200 Å². The Morgan fingerprint density at radius 1 is 0.971 bits per heavy atom. The largest absolute Gasteiger partial charge is 0.293 e. The molecule has 0 spiro atoms. The minimum absolute atomic E-state index is 0.0418. The smallest absolute Gasteiger partial charge is 0.262 e.